The second kappa shape index (κ2) is 7.93. The maximum absolute atomic E-state index is 10.9. The molecule has 1 amide bonds. The predicted octanol–water partition coefficient (Wildman–Crippen LogP) is -2.57. The SMILES string of the molecule is NCCOCC(=O)NCC(O)CO. The van der Waals surface area contributed by atoms with Crippen molar-refractivity contribution in [3.63, 3.8) is 0 Å². The first-order valence-corrected chi connectivity index (χ1v) is 4.04. The first-order chi connectivity index (χ1) is 6.20. The smallest absolute Gasteiger partial charge is 0.246 e. The van der Waals surface area contributed by atoms with Crippen LogP contribution in [0.1, 0.15) is 0 Å². The third-order valence-corrected chi connectivity index (χ3v) is 1.24. The average molecular weight is 192 g/mol. The van der Waals surface area contributed by atoms with Crippen LogP contribution in [0.3, 0.4) is 0 Å². The van der Waals surface area contributed by atoms with Crippen LogP contribution in [0.25, 0.3) is 0 Å². The van der Waals surface area contributed by atoms with Crippen molar-refractivity contribution in [2.24, 2.45) is 5.73 Å². The Hall–Kier alpha value is -0.690. The highest BCUT2D eigenvalue weighted by Gasteiger charge is 2.04. The molecular weight excluding hydrogens is 176 g/mol. The van der Waals surface area contributed by atoms with Gasteiger partial charge in [-0.05, 0) is 0 Å². The minimum atomic E-state index is -0.918. The van der Waals surface area contributed by atoms with Gasteiger partial charge in [-0.3, -0.25) is 4.79 Å². The summed E-state index contributed by atoms with van der Waals surface area (Å²) in [7, 11) is 0. The molecule has 0 aliphatic heterocycles. The monoisotopic (exact) mass is 192 g/mol. The molecule has 0 aromatic heterocycles. The Balaban J connectivity index is 3.30. The summed E-state index contributed by atoms with van der Waals surface area (Å²) in [5, 5.41) is 19.6. The van der Waals surface area contributed by atoms with Gasteiger partial charge in [-0.25, -0.2) is 0 Å². The normalized spacial score (nSPS) is 12.5. The number of nitrogens with one attached hydrogen (secondary N) is 1. The molecule has 0 aliphatic carbocycles. The molecule has 0 aromatic carbocycles. The van der Waals surface area contributed by atoms with E-state index in [1.807, 2.05) is 0 Å². The summed E-state index contributed by atoms with van der Waals surface area (Å²) in [6.45, 7) is 0.281. The topological polar surface area (TPSA) is 105 Å². The van der Waals surface area contributed by atoms with E-state index in [0.29, 0.717) is 13.2 Å². The lowest BCUT2D eigenvalue weighted by Gasteiger charge is -2.08. The van der Waals surface area contributed by atoms with Gasteiger partial charge in [-0.1, -0.05) is 0 Å². The van der Waals surface area contributed by atoms with Crippen LogP contribution >= 0.6 is 0 Å². The number of aliphatic hydroxyl groups excluding tert-OH is 2. The van der Waals surface area contributed by atoms with Gasteiger partial charge in [0.05, 0.1) is 19.3 Å². The van der Waals surface area contributed by atoms with E-state index in [1.54, 1.807) is 0 Å². The maximum Gasteiger partial charge on any atom is 0.246 e. The molecule has 1 atom stereocenters. The summed E-state index contributed by atoms with van der Waals surface area (Å²) >= 11 is 0. The number of hydrogen-bond donors (Lipinski definition) is 4. The summed E-state index contributed by atoms with van der Waals surface area (Å²) in [5.41, 5.74) is 5.13. The standard InChI is InChI=1S/C7H16N2O4/c8-1-2-13-5-7(12)9-3-6(11)4-10/h6,10-11H,1-5,8H2,(H,9,12). The fourth-order valence-electron chi connectivity index (χ4n) is 0.595. The zero-order chi connectivity index (χ0) is 10.1. The zero-order valence-corrected chi connectivity index (χ0v) is 7.40. The number of nitrogens with two attached hydrogens (primary N) is 1. The molecule has 1 unspecified atom stereocenters. The molecule has 0 bridgehead atoms. The van der Waals surface area contributed by atoms with Gasteiger partial charge >= 0.3 is 0 Å². The van der Waals surface area contributed by atoms with Crippen molar-refractivity contribution in [1.82, 2.24) is 5.32 Å². The Morgan fingerprint density at radius 2 is 2.31 bits per heavy atom. The summed E-state index contributed by atoms with van der Waals surface area (Å²) in [6, 6.07) is 0. The fourth-order valence-corrected chi connectivity index (χ4v) is 0.595. The van der Waals surface area contributed by atoms with Gasteiger partial charge in [-0.2, -0.15) is 0 Å². The molecule has 0 aliphatic rings. The second-order valence-electron chi connectivity index (χ2n) is 2.48. The van der Waals surface area contributed by atoms with Crippen LogP contribution in [-0.2, 0) is 9.53 Å². The average Bonchev–Trinajstić information content (AvgIpc) is 2.14. The number of ether oxygens (including phenoxy) is 1. The van der Waals surface area contributed by atoms with Crippen molar-refractivity contribution < 1.29 is 19.7 Å². The van der Waals surface area contributed by atoms with E-state index in [0.717, 1.165) is 0 Å². The molecule has 5 N–H and O–H groups in total. The van der Waals surface area contributed by atoms with E-state index in [2.05, 4.69) is 5.32 Å². The first kappa shape index (κ1) is 12.3. The molecule has 13 heavy (non-hydrogen) atoms. The van der Waals surface area contributed by atoms with Crippen LogP contribution in [0.4, 0.5) is 0 Å². The lowest BCUT2D eigenvalue weighted by atomic mass is 10.4. The van der Waals surface area contributed by atoms with Gasteiger partial charge in [0.2, 0.25) is 5.91 Å². The van der Waals surface area contributed by atoms with Crippen LogP contribution in [-0.4, -0.2) is 55.1 Å². The van der Waals surface area contributed by atoms with E-state index in [1.165, 1.54) is 0 Å². The van der Waals surface area contributed by atoms with Gasteiger partial charge in [0.25, 0.3) is 0 Å². The molecule has 0 radical (unpaired) electrons. The molecule has 0 heterocycles. The molecule has 6 heteroatoms. The Morgan fingerprint density at radius 3 is 2.85 bits per heavy atom. The van der Waals surface area contributed by atoms with Crippen molar-refractivity contribution in [3.05, 3.63) is 0 Å². The van der Waals surface area contributed by atoms with E-state index in [4.69, 9.17) is 20.7 Å². The Labute approximate surface area is 76.7 Å². The van der Waals surface area contributed by atoms with Crippen LogP contribution < -0.4 is 11.1 Å². The molecule has 0 fully saturated rings. The summed E-state index contributed by atoms with van der Waals surface area (Å²) < 4.78 is 4.83. The Bertz CT molecular complexity index is 142. The number of rotatable bonds is 7. The van der Waals surface area contributed by atoms with Crippen LogP contribution in [0.2, 0.25) is 0 Å². The second-order valence-corrected chi connectivity index (χ2v) is 2.48. The molecular formula is C7H16N2O4. The van der Waals surface area contributed by atoms with Crippen LogP contribution in [0.5, 0.6) is 0 Å². The highest BCUT2D eigenvalue weighted by atomic mass is 16.5. The van der Waals surface area contributed by atoms with Gasteiger partial charge < -0.3 is 26.0 Å². The summed E-state index contributed by atoms with van der Waals surface area (Å²) in [5.74, 6) is -0.332. The molecule has 0 saturated heterocycles. The van der Waals surface area contributed by atoms with E-state index >= 15 is 0 Å². The lowest BCUT2D eigenvalue weighted by molar-refractivity contribution is -0.126. The van der Waals surface area contributed by atoms with Crippen molar-refractivity contribution in [3.8, 4) is 0 Å². The number of carbonyl (C=O) groups is 1. The predicted molar refractivity (Wildman–Crippen MR) is 46.0 cm³/mol. The maximum atomic E-state index is 10.9. The largest absolute Gasteiger partial charge is 0.394 e. The number of carbonyl (C=O) groups excluding carboxylic acids is 1. The molecule has 78 valence electrons. The van der Waals surface area contributed by atoms with Gasteiger partial charge in [0, 0.05) is 13.1 Å². The van der Waals surface area contributed by atoms with Crippen molar-refractivity contribution >= 4 is 5.91 Å². The fraction of sp³-hybridized carbons (Fsp3) is 0.857. The molecule has 0 aromatic rings. The minimum absolute atomic E-state index is 0.0291. The molecule has 6 nitrogen and oxygen atoms in total. The number of aliphatic hydroxyl groups is 2. The number of amides is 1. The third kappa shape index (κ3) is 7.66. The Morgan fingerprint density at radius 1 is 1.62 bits per heavy atom. The van der Waals surface area contributed by atoms with E-state index < -0.39 is 6.10 Å². The van der Waals surface area contributed by atoms with Crippen molar-refractivity contribution in [1.29, 1.82) is 0 Å². The van der Waals surface area contributed by atoms with Gasteiger partial charge in [0.15, 0.2) is 0 Å². The van der Waals surface area contributed by atoms with Crippen LogP contribution in [0, 0.1) is 0 Å². The van der Waals surface area contributed by atoms with E-state index in [-0.39, 0.29) is 25.7 Å². The quantitative estimate of drug-likeness (QED) is 0.332. The number of hydrogen-bond acceptors (Lipinski definition) is 5. The zero-order valence-electron chi connectivity index (χ0n) is 7.40. The van der Waals surface area contributed by atoms with E-state index in [9.17, 15) is 4.79 Å². The molecule has 0 rings (SSSR count). The van der Waals surface area contributed by atoms with Gasteiger partial charge in [-0.15, -0.1) is 0 Å². The molecule has 0 spiro atoms. The third-order valence-electron chi connectivity index (χ3n) is 1.24. The Kier molecular flexibility index (Phi) is 7.51. The highest BCUT2D eigenvalue weighted by molar-refractivity contribution is 5.77. The van der Waals surface area contributed by atoms with Crippen molar-refractivity contribution in [2.45, 2.75) is 6.10 Å². The minimum Gasteiger partial charge on any atom is -0.394 e. The highest BCUT2D eigenvalue weighted by Crippen LogP contribution is 1.78. The summed E-state index contributed by atoms with van der Waals surface area (Å²) in [6.07, 6.45) is -0.918. The van der Waals surface area contributed by atoms with Gasteiger partial charge in [0.1, 0.15) is 6.61 Å². The molecule has 0 saturated carbocycles. The lowest BCUT2D eigenvalue weighted by Crippen LogP contribution is -2.36. The van der Waals surface area contributed by atoms with Crippen molar-refractivity contribution in [2.75, 3.05) is 32.9 Å². The summed E-state index contributed by atoms with van der Waals surface area (Å²) in [4.78, 5) is 10.9. The van der Waals surface area contributed by atoms with Crippen LogP contribution in [0.15, 0.2) is 0 Å². The first-order valence-electron chi connectivity index (χ1n) is 4.04.